The Hall–Kier alpha value is -1.12. The van der Waals surface area contributed by atoms with Gasteiger partial charge in [0.2, 0.25) is 0 Å². The fraction of sp³-hybridized carbons (Fsp3) is 0.474. The first kappa shape index (κ1) is 14.8. The molecule has 1 aliphatic rings. The molecule has 1 heterocycles. The highest BCUT2D eigenvalue weighted by molar-refractivity contribution is 7.12. The van der Waals surface area contributed by atoms with Gasteiger partial charge in [0.25, 0.3) is 0 Å². The summed E-state index contributed by atoms with van der Waals surface area (Å²) in [5, 5.41) is 3.70. The number of aryl methyl sites for hydroxylation is 5. The van der Waals surface area contributed by atoms with Gasteiger partial charge in [0.05, 0.1) is 0 Å². The topological polar surface area (TPSA) is 12.0 Å². The minimum absolute atomic E-state index is 0.404. The molecule has 2 heteroatoms. The molecule has 0 saturated carbocycles. The molecule has 0 fully saturated rings. The van der Waals surface area contributed by atoms with Crippen molar-refractivity contribution in [2.75, 3.05) is 0 Å². The van der Waals surface area contributed by atoms with Crippen LogP contribution in [0.2, 0.25) is 0 Å². The third-order valence-corrected chi connectivity index (χ3v) is 5.97. The number of fused-ring (bicyclic) bond motifs is 1. The number of hydrogen-bond donors (Lipinski definition) is 1. The van der Waals surface area contributed by atoms with E-state index in [0.29, 0.717) is 6.04 Å². The first-order valence-corrected chi connectivity index (χ1v) is 8.78. The molecular weight excluding hydrogens is 274 g/mol. The highest BCUT2D eigenvalue weighted by atomic mass is 32.1. The van der Waals surface area contributed by atoms with Crippen LogP contribution in [0.25, 0.3) is 0 Å². The van der Waals surface area contributed by atoms with Crippen molar-refractivity contribution in [1.29, 1.82) is 0 Å². The van der Waals surface area contributed by atoms with Crippen LogP contribution < -0.4 is 5.32 Å². The Morgan fingerprint density at radius 1 is 1.05 bits per heavy atom. The van der Waals surface area contributed by atoms with Crippen molar-refractivity contribution >= 4 is 11.3 Å². The Balaban J connectivity index is 1.68. The molecule has 3 rings (SSSR count). The number of nitrogens with one attached hydrogen (secondary N) is 1. The van der Waals surface area contributed by atoms with Gasteiger partial charge in [0.15, 0.2) is 0 Å². The predicted octanol–water partition coefficient (Wildman–Crippen LogP) is 5.01. The molecular formula is C19H25NS. The summed E-state index contributed by atoms with van der Waals surface area (Å²) in [5.41, 5.74) is 7.21. The van der Waals surface area contributed by atoms with Gasteiger partial charge in [-0.1, -0.05) is 12.1 Å². The maximum absolute atomic E-state index is 3.70. The molecule has 0 amide bonds. The van der Waals surface area contributed by atoms with Crippen LogP contribution in [0.4, 0.5) is 0 Å². The van der Waals surface area contributed by atoms with Crippen molar-refractivity contribution in [3.8, 4) is 0 Å². The maximum atomic E-state index is 3.70. The smallest absolute Gasteiger partial charge is 0.0305 e. The minimum Gasteiger partial charge on any atom is -0.305 e. The lowest BCUT2D eigenvalue weighted by atomic mass is 9.96. The van der Waals surface area contributed by atoms with E-state index in [4.69, 9.17) is 0 Å². The lowest BCUT2D eigenvalue weighted by Gasteiger charge is -2.18. The van der Waals surface area contributed by atoms with Crippen molar-refractivity contribution in [3.63, 3.8) is 0 Å². The van der Waals surface area contributed by atoms with E-state index in [-0.39, 0.29) is 0 Å². The van der Waals surface area contributed by atoms with Crippen LogP contribution in [0.1, 0.15) is 57.0 Å². The molecule has 1 aromatic heterocycles. The minimum atomic E-state index is 0.404. The monoisotopic (exact) mass is 299 g/mol. The van der Waals surface area contributed by atoms with Crippen LogP contribution >= 0.6 is 11.3 Å². The third-order valence-electron chi connectivity index (χ3n) is 4.73. The van der Waals surface area contributed by atoms with Crippen molar-refractivity contribution in [2.24, 2.45) is 0 Å². The molecule has 1 aliphatic carbocycles. The second-order valence-electron chi connectivity index (χ2n) is 6.41. The highest BCUT2D eigenvalue weighted by Crippen LogP contribution is 2.31. The Morgan fingerprint density at radius 2 is 1.81 bits per heavy atom. The molecule has 0 aliphatic heterocycles. The number of rotatable bonds is 4. The van der Waals surface area contributed by atoms with E-state index in [0.717, 1.165) is 6.54 Å². The Morgan fingerprint density at radius 3 is 2.57 bits per heavy atom. The highest BCUT2D eigenvalue weighted by Gasteiger charge is 2.15. The van der Waals surface area contributed by atoms with Gasteiger partial charge in [-0.05, 0) is 80.8 Å². The van der Waals surface area contributed by atoms with E-state index in [1.807, 2.05) is 11.3 Å². The summed E-state index contributed by atoms with van der Waals surface area (Å²) >= 11 is 2.01. The summed E-state index contributed by atoms with van der Waals surface area (Å²) in [5.74, 6) is 0. The fourth-order valence-corrected chi connectivity index (χ4v) is 4.50. The molecule has 1 N–H and O–H groups in total. The zero-order chi connectivity index (χ0) is 15.0. The quantitative estimate of drug-likeness (QED) is 0.836. The molecule has 0 radical (unpaired) electrons. The second-order valence-corrected chi connectivity index (χ2v) is 7.63. The van der Waals surface area contributed by atoms with E-state index >= 15 is 0 Å². The molecule has 1 aromatic carbocycles. The predicted molar refractivity (Wildman–Crippen MR) is 92.3 cm³/mol. The molecule has 0 spiro atoms. The van der Waals surface area contributed by atoms with Gasteiger partial charge in [-0.15, -0.1) is 11.3 Å². The molecule has 21 heavy (non-hydrogen) atoms. The lowest BCUT2D eigenvalue weighted by molar-refractivity contribution is 0.575. The van der Waals surface area contributed by atoms with E-state index in [1.54, 1.807) is 10.4 Å². The van der Waals surface area contributed by atoms with Gasteiger partial charge < -0.3 is 5.32 Å². The van der Waals surface area contributed by atoms with Gasteiger partial charge in [0, 0.05) is 22.3 Å². The second kappa shape index (κ2) is 5.94. The fourth-order valence-electron chi connectivity index (χ4n) is 3.29. The maximum Gasteiger partial charge on any atom is 0.0305 e. The van der Waals surface area contributed by atoms with E-state index in [9.17, 15) is 0 Å². The van der Waals surface area contributed by atoms with Crippen molar-refractivity contribution < 1.29 is 0 Å². The average molecular weight is 299 g/mol. The Bertz CT molecular complexity index is 632. The van der Waals surface area contributed by atoms with Gasteiger partial charge in [0.1, 0.15) is 0 Å². The number of thiophene rings is 1. The molecule has 1 unspecified atom stereocenters. The molecule has 2 aromatic rings. The summed E-state index contributed by atoms with van der Waals surface area (Å²) in [6.07, 6.45) is 3.94. The van der Waals surface area contributed by atoms with E-state index in [1.165, 1.54) is 46.4 Å². The van der Waals surface area contributed by atoms with Crippen LogP contribution in [0, 0.1) is 20.8 Å². The SMILES string of the molecule is Cc1cc(C)c(C(C)NCc2cc3c(s2)CCC3)cc1C. The third kappa shape index (κ3) is 3.07. The van der Waals surface area contributed by atoms with Gasteiger partial charge in [-0.2, -0.15) is 0 Å². The summed E-state index contributed by atoms with van der Waals surface area (Å²) in [6.45, 7) is 9.88. The van der Waals surface area contributed by atoms with Crippen molar-refractivity contribution in [2.45, 2.75) is 59.5 Å². The summed E-state index contributed by atoms with van der Waals surface area (Å²) in [7, 11) is 0. The van der Waals surface area contributed by atoms with Gasteiger partial charge in [-0.25, -0.2) is 0 Å². The molecule has 0 saturated heterocycles. The molecule has 1 nitrogen and oxygen atoms in total. The van der Waals surface area contributed by atoms with Crippen LogP contribution in [0.5, 0.6) is 0 Å². The normalized spacial score (nSPS) is 15.2. The van der Waals surface area contributed by atoms with Crippen LogP contribution in [0.3, 0.4) is 0 Å². The van der Waals surface area contributed by atoms with Crippen LogP contribution in [-0.4, -0.2) is 0 Å². The van der Waals surface area contributed by atoms with E-state index in [2.05, 4.69) is 51.2 Å². The van der Waals surface area contributed by atoms with Gasteiger partial charge in [-0.3, -0.25) is 0 Å². The number of hydrogen-bond acceptors (Lipinski definition) is 2. The molecule has 0 bridgehead atoms. The van der Waals surface area contributed by atoms with Gasteiger partial charge >= 0.3 is 0 Å². The summed E-state index contributed by atoms with van der Waals surface area (Å²) in [4.78, 5) is 3.12. The first-order valence-electron chi connectivity index (χ1n) is 7.96. The lowest BCUT2D eigenvalue weighted by Crippen LogP contribution is -2.18. The number of benzene rings is 1. The Kier molecular flexibility index (Phi) is 4.19. The zero-order valence-corrected chi connectivity index (χ0v) is 14.4. The summed E-state index contributed by atoms with van der Waals surface area (Å²) < 4.78 is 0. The molecule has 1 atom stereocenters. The van der Waals surface area contributed by atoms with E-state index < -0.39 is 0 Å². The molecule has 112 valence electrons. The summed E-state index contributed by atoms with van der Waals surface area (Å²) in [6, 6.07) is 7.47. The van der Waals surface area contributed by atoms with Crippen LogP contribution in [0.15, 0.2) is 18.2 Å². The van der Waals surface area contributed by atoms with Crippen molar-refractivity contribution in [1.82, 2.24) is 5.32 Å². The van der Waals surface area contributed by atoms with Crippen LogP contribution in [-0.2, 0) is 19.4 Å². The zero-order valence-electron chi connectivity index (χ0n) is 13.5. The first-order chi connectivity index (χ1) is 10.0. The Labute approximate surface area is 132 Å². The average Bonchev–Trinajstić information content (AvgIpc) is 3.01. The largest absolute Gasteiger partial charge is 0.305 e. The standard InChI is InChI=1S/C19H25NS/c1-12-8-14(3)18(9-13(12)2)15(4)20-11-17-10-16-6-5-7-19(16)21-17/h8-10,15,20H,5-7,11H2,1-4H3. The van der Waals surface area contributed by atoms with Crippen molar-refractivity contribution in [3.05, 3.63) is 55.8 Å².